The zero-order chi connectivity index (χ0) is 18.8. The minimum Gasteiger partial charge on any atom is -0.322 e. The van der Waals surface area contributed by atoms with Crippen LogP contribution in [0.5, 0.6) is 0 Å². The zero-order valence-corrected chi connectivity index (χ0v) is 16.3. The monoisotopic (exact) mass is 400 g/mol. The Bertz CT molecular complexity index is 906. The fourth-order valence-electron chi connectivity index (χ4n) is 2.08. The summed E-state index contributed by atoms with van der Waals surface area (Å²) in [4.78, 5) is 12.4. The minimum absolute atomic E-state index is 0.0532. The van der Waals surface area contributed by atoms with Crippen LogP contribution in [-0.2, 0) is 10.0 Å². The Morgan fingerprint density at radius 1 is 1.04 bits per heavy atom. The number of sulfonamides is 1. The van der Waals surface area contributed by atoms with Crippen molar-refractivity contribution in [2.24, 2.45) is 0 Å². The SMILES string of the molecule is CC(C)(C)NS(=O)(=O)c1cccc(NC(=O)c2cccc(Cl)c2Cl)c1. The van der Waals surface area contributed by atoms with Crippen LogP contribution < -0.4 is 10.0 Å². The summed E-state index contributed by atoms with van der Waals surface area (Å²) in [6, 6.07) is 10.7. The molecule has 0 unspecified atom stereocenters. The molecule has 0 heterocycles. The molecule has 8 heteroatoms. The van der Waals surface area contributed by atoms with Crippen LogP contribution >= 0.6 is 23.2 Å². The molecule has 0 aliphatic carbocycles. The van der Waals surface area contributed by atoms with Gasteiger partial charge >= 0.3 is 0 Å². The van der Waals surface area contributed by atoms with Gasteiger partial charge in [0.2, 0.25) is 10.0 Å². The molecule has 2 N–H and O–H groups in total. The number of anilines is 1. The van der Waals surface area contributed by atoms with Crippen molar-refractivity contribution in [1.29, 1.82) is 0 Å². The summed E-state index contributed by atoms with van der Waals surface area (Å²) in [6.45, 7) is 5.24. The van der Waals surface area contributed by atoms with E-state index in [9.17, 15) is 13.2 Å². The Morgan fingerprint density at radius 2 is 1.68 bits per heavy atom. The molecular weight excluding hydrogens is 383 g/mol. The third kappa shape index (κ3) is 5.19. The molecule has 0 atom stereocenters. The van der Waals surface area contributed by atoms with Crippen molar-refractivity contribution >= 4 is 44.8 Å². The average molecular weight is 401 g/mol. The fourth-order valence-corrected chi connectivity index (χ4v) is 3.93. The first-order valence-corrected chi connectivity index (χ1v) is 9.63. The molecule has 2 aromatic rings. The predicted octanol–water partition coefficient (Wildman–Crippen LogP) is 4.32. The molecule has 0 fully saturated rings. The van der Waals surface area contributed by atoms with E-state index in [1.165, 1.54) is 18.2 Å². The molecule has 0 saturated carbocycles. The second-order valence-corrected chi connectivity index (χ2v) is 8.91. The third-order valence-corrected chi connectivity index (χ3v) is 5.61. The second kappa shape index (κ2) is 7.33. The van der Waals surface area contributed by atoms with Crippen molar-refractivity contribution in [2.45, 2.75) is 31.2 Å². The molecule has 1 amide bonds. The van der Waals surface area contributed by atoms with E-state index in [0.29, 0.717) is 5.69 Å². The quantitative estimate of drug-likeness (QED) is 0.801. The molecule has 0 aromatic heterocycles. The summed E-state index contributed by atoms with van der Waals surface area (Å²) >= 11 is 11.9. The molecule has 5 nitrogen and oxygen atoms in total. The lowest BCUT2D eigenvalue weighted by atomic mass is 10.1. The summed E-state index contributed by atoms with van der Waals surface area (Å²) in [7, 11) is -3.70. The normalized spacial score (nSPS) is 12.0. The minimum atomic E-state index is -3.70. The molecule has 0 radical (unpaired) electrons. The maximum atomic E-state index is 12.4. The lowest BCUT2D eigenvalue weighted by Crippen LogP contribution is -2.40. The van der Waals surface area contributed by atoms with Crippen LogP contribution in [0.25, 0.3) is 0 Å². The van der Waals surface area contributed by atoms with Gasteiger partial charge in [-0.05, 0) is 51.1 Å². The zero-order valence-electron chi connectivity index (χ0n) is 13.9. The molecular formula is C17H18Cl2N2O3S. The summed E-state index contributed by atoms with van der Waals surface area (Å²) in [5.41, 5.74) is -0.0834. The van der Waals surface area contributed by atoms with E-state index in [2.05, 4.69) is 10.0 Å². The highest BCUT2D eigenvalue weighted by Crippen LogP contribution is 2.26. The van der Waals surface area contributed by atoms with Crippen molar-refractivity contribution in [3.05, 3.63) is 58.1 Å². The van der Waals surface area contributed by atoms with Crippen LogP contribution in [-0.4, -0.2) is 19.9 Å². The maximum Gasteiger partial charge on any atom is 0.257 e. The number of carbonyl (C=O) groups is 1. The molecule has 0 saturated heterocycles. The van der Waals surface area contributed by atoms with Gasteiger partial charge in [-0.1, -0.05) is 35.3 Å². The molecule has 134 valence electrons. The first-order chi connectivity index (χ1) is 11.5. The molecule has 2 rings (SSSR count). The molecule has 2 aromatic carbocycles. The third-order valence-electron chi connectivity index (χ3n) is 3.04. The van der Waals surface area contributed by atoms with Gasteiger partial charge in [0, 0.05) is 11.2 Å². The summed E-state index contributed by atoms with van der Waals surface area (Å²) in [6.07, 6.45) is 0. The lowest BCUT2D eigenvalue weighted by Gasteiger charge is -2.20. The topological polar surface area (TPSA) is 75.3 Å². The Kier molecular flexibility index (Phi) is 5.79. The number of carbonyl (C=O) groups excluding carboxylic acids is 1. The summed E-state index contributed by atoms with van der Waals surface area (Å²) in [5, 5.41) is 3.03. The predicted molar refractivity (Wildman–Crippen MR) is 101 cm³/mol. The number of amides is 1. The molecule has 25 heavy (non-hydrogen) atoms. The van der Waals surface area contributed by atoms with Crippen LogP contribution in [0.15, 0.2) is 47.4 Å². The van der Waals surface area contributed by atoms with Crippen LogP contribution in [0.4, 0.5) is 5.69 Å². The van der Waals surface area contributed by atoms with Gasteiger partial charge < -0.3 is 5.32 Å². The number of benzene rings is 2. The molecule has 0 aliphatic rings. The highest BCUT2D eigenvalue weighted by Gasteiger charge is 2.22. The van der Waals surface area contributed by atoms with Gasteiger partial charge in [-0.25, -0.2) is 13.1 Å². The van der Waals surface area contributed by atoms with Crippen molar-refractivity contribution in [2.75, 3.05) is 5.32 Å². The van der Waals surface area contributed by atoms with Gasteiger partial charge in [0.15, 0.2) is 0 Å². The first kappa shape index (κ1) is 19.7. The Balaban J connectivity index is 2.28. The standard InChI is InChI=1S/C17H18Cl2N2O3S/c1-17(2,3)21-25(23,24)12-7-4-6-11(10-12)20-16(22)13-8-5-9-14(18)15(13)19/h4-10,21H,1-3H3,(H,20,22). The van der Waals surface area contributed by atoms with Gasteiger partial charge in [0.05, 0.1) is 20.5 Å². The number of nitrogens with one attached hydrogen (secondary N) is 2. The van der Waals surface area contributed by atoms with Crippen molar-refractivity contribution in [3.8, 4) is 0 Å². The van der Waals surface area contributed by atoms with E-state index < -0.39 is 21.5 Å². The molecule has 0 aliphatic heterocycles. The number of rotatable bonds is 4. The van der Waals surface area contributed by atoms with E-state index in [-0.39, 0.29) is 20.5 Å². The van der Waals surface area contributed by atoms with E-state index in [1.54, 1.807) is 45.0 Å². The van der Waals surface area contributed by atoms with Gasteiger partial charge in [-0.15, -0.1) is 0 Å². The van der Waals surface area contributed by atoms with E-state index in [1.807, 2.05) is 0 Å². The van der Waals surface area contributed by atoms with Gasteiger partial charge in [-0.3, -0.25) is 4.79 Å². The Morgan fingerprint density at radius 3 is 2.32 bits per heavy atom. The lowest BCUT2D eigenvalue weighted by molar-refractivity contribution is 0.102. The van der Waals surface area contributed by atoms with Gasteiger partial charge in [0.25, 0.3) is 5.91 Å². The van der Waals surface area contributed by atoms with Crippen molar-refractivity contribution in [1.82, 2.24) is 4.72 Å². The first-order valence-electron chi connectivity index (χ1n) is 7.39. The average Bonchev–Trinajstić information content (AvgIpc) is 2.48. The van der Waals surface area contributed by atoms with Crippen molar-refractivity contribution < 1.29 is 13.2 Å². The Hall–Kier alpha value is -1.60. The van der Waals surface area contributed by atoms with Crippen molar-refractivity contribution in [3.63, 3.8) is 0 Å². The Labute approximate surface area is 157 Å². The van der Waals surface area contributed by atoms with Crippen LogP contribution in [0.2, 0.25) is 10.0 Å². The second-order valence-electron chi connectivity index (χ2n) is 6.44. The largest absolute Gasteiger partial charge is 0.322 e. The van der Waals surface area contributed by atoms with Gasteiger partial charge in [-0.2, -0.15) is 0 Å². The summed E-state index contributed by atoms with van der Waals surface area (Å²) < 4.78 is 27.3. The van der Waals surface area contributed by atoms with Gasteiger partial charge in [0.1, 0.15) is 0 Å². The van der Waals surface area contributed by atoms with Crippen LogP contribution in [0.3, 0.4) is 0 Å². The van der Waals surface area contributed by atoms with Crippen LogP contribution in [0, 0.1) is 0 Å². The maximum absolute atomic E-state index is 12.4. The number of hydrogen-bond donors (Lipinski definition) is 2. The number of hydrogen-bond acceptors (Lipinski definition) is 3. The van der Waals surface area contributed by atoms with Crippen LogP contribution in [0.1, 0.15) is 31.1 Å². The van der Waals surface area contributed by atoms with E-state index in [4.69, 9.17) is 23.2 Å². The fraction of sp³-hybridized carbons (Fsp3) is 0.235. The molecule has 0 spiro atoms. The highest BCUT2D eigenvalue weighted by molar-refractivity contribution is 7.89. The van der Waals surface area contributed by atoms with E-state index in [0.717, 1.165) is 0 Å². The smallest absolute Gasteiger partial charge is 0.257 e. The highest BCUT2D eigenvalue weighted by atomic mass is 35.5. The molecule has 0 bridgehead atoms. The summed E-state index contributed by atoms with van der Waals surface area (Å²) in [5.74, 6) is -0.481. The number of halogens is 2. The van der Waals surface area contributed by atoms with E-state index >= 15 is 0 Å².